The van der Waals surface area contributed by atoms with Gasteiger partial charge in [-0.3, -0.25) is 0 Å². The summed E-state index contributed by atoms with van der Waals surface area (Å²) in [5.41, 5.74) is -0.0810. The number of rotatable bonds is 5. The zero-order valence-corrected chi connectivity index (χ0v) is 7.93. The predicted octanol–water partition coefficient (Wildman–Crippen LogP) is 1.39. The molecule has 76 valence electrons. The number of carbonyl (C=O) groups is 1. The molecule has 0 fully saturated rings. The highest BCUT2D eigenvalue weighted by Gasteiger charge is 2.13. The highest BCUT2D eigenvalue weighted by molar-refractivity contribution is 5.85. The average molecular weight is 196 g/mol. The number of aromatic nitrogens is 1. The molecule has 0 atom stereocenters. The first-order valence-electron chi connectivity index (χ1n) is 4.23. The summed E-state index contributed by atoms with van der Waals surface area (Å²) in [5, 5.41) is 8.62. The van der Waals surface area contributed by atoms with Gasteiger partial charge in [0.2, 0.25) is 0 Å². The van der Waals surface area contributed by atoms with Gasteiger partial charge < -0.3 is 14.4 Å². The molecule has 0 aliphatic heterocycles. The van der Waals surface area contributed by atoms with Crippen LogP contribution in [0.5, 0.6) is 0 Å². The molecule has 0 bridgehead atoms. The van der Waals surface area contributed by atoms with Gasteiger partial charge in [0.15, 0.2) is 5.69 Å². The second-order valence-corrected chi connectivity index (χ2v) is 2.65. The minimum atomic E-state index is -1.09. The number of likely N-dealkylation sites (N-methyl/N-ethyl adjacent to an activating group) is 1. The largest absolute Gasteiger partial charge is 0.476 e. The van der Waals surface area contributed by atoms with Crippen LogP contribution in [0.1, 0.15) is 17.4 Å². The molecule has 1 aromatic rings. The molecular weight excluding hydrogens is 184 g/mol. The second-order valence-electron chi connectivity index (χ2n) is 2.65. The predicted molar refractivity (Wildman–Crippen MR) is 51.5 cm³/mol. The Morgan fingerprint density at radius 2 is 2.57 bits per heavy atom. The Bertz CT molecular complexity index is 333. The molecule has 0 spiro atoms. The van der Waals surface area contributed by atoms with E-state index in [-0.39, 0.29) is 5.69 Å². The first kappa shape index (κ1) is 10.3. The van der Waals surface area contributed by atoms with Crippen LogP contribution in [0.15, 0.2) is 23.3 Å². The molecular formula is C9H12N2O3. The lowest BCUT2D eigenvalue weighted by Gasteiger charge is -2.15. The van der Waals surface area contributed by atoms with Crippen LogP contribution in [0.2, 0.25) is 0 Å². The lowest BCUT2D eigenvalue weighted by molar-refractivity contribution is 0.0690. The smallest absolute Gasteiger partial charge is 0.357 e. The monoisotopic (exact) mass is 196 g/mol. The number of hydrogen-bond donors (Lipinski definition) is 1. The summed E-state index contributed by atoms with van der Waals surface area (Å²) in [4.78, 5) is 16.1. The molecule has 0 amide bonds. The van der Waals surface area contributed by atoms with Crippen molar-refractivity contribution in [3.8, 4) is 0 Å². The molecule has 0 aliphatic rings. The van der Waals surface area contributed by atoms with E-state index in [4.69, 9.17) is 9.52 Å². The van der Waals surface area contributed by atoms with Crippen LogP contribution in [0.3, 0.4) is 0 Å². The van der Waals surface area contributed by atoms with E-state index >= 15 is 0 Å². The van der Waals surface area contributed by atoms with Gasteiger partial charge in [0.1, 0.15) is 6.26 Å². The normalized spacial score (nSPS) is 9.79. The van der Waals surface area contributed by atoms with Crippen LogP contribution < -0.4 is 4.90 Å². The fraction of sp³-hybridized carbons (Fsp3) is 0.333. The summed E-state index contributed by atoms with van der Waals surface area (Å²) in [7, 11) is 0. The number of aromatic carboxylic acids is 1. The average Bonchev–Trinajstić information content (AvgIpc) is 2.63. The molecule has 0 aromatic carbocycles. The fourth-order valence-corrected chi connectivity index (χ4v) is 1.01. The van der Waals surface area contributed by atoms with Crippen molar-refractivity contribution in [3.05, 3.63) is 24.6 Å². The lowest BCUT2D eigenvalue weighted by atomic mass is 10.5. The van der Waals surface area contributed by atoms with E-state index in [0.717, 1.165) is 6.26 Å². The van der Waals surface area contributed by atoms with Crippen LogP contribution in [0.4, 0.5) is 6.01 Å². The van der Waals surface area contributed by atoms with E-state index in [1.807, 2.05) is 6.92 Å². The molecule has 14 heavy (non-hydrogen) atoms. The van der Waals surface area contributed by atoms with Crippen molar-refractivity contribution in [2.75, 3.05) is 18.0 Å². The molecule has 5 heteroatoms. The third-order valence-electron chi connectivity index (χ3n) is 1.71. The number of anilines is 1. The fourth-order valence-electron chi connectivity index (χ4n) is 1.01. The van der Waals surface area contributed by atoms with Crippen LogP contribution >= 0.6 is 0 Å². The molecule has 5 nitrogen and oxygen atoms in total. The minimum absolute atomic E-state index is 0.0810. The van der Waals surface area contributed by atoms with E-state index < -0.39 is 5.97 Å². The molecule has 0 saturated carbocycles. The van der Waals surface area contributed by atoms with Crippen molar-refractivity contribution in [2.24, 2.45) is 0 Å². The molecule has 0 unspecified atom stereocenters. The number of oxazole rings is 1. The van der Waals surface area contributed by atoms with Crippen LogP contribution in [-0.4, -0.2) is 29.1 Å². The molecule has 1 N–H and O–H groups in total. The Morgan fingerprint density at radius 3 is 3.00 bits per heavy atom. The van der Waals surface area contributed by atoms with Gasteiger partial charge in [-0.15, -0.1) is 6.58 Å². The number of nitrogens with zero attached hydrogens (tertiary/aromatic N) is 2. The molecule has 0 aliphatic carbocycles. The minimum Gasteiger partial charge on any atom is -0.476 e. The molecule has 0 saturated heterocycles. The SMILES string of the molecule is C=CCN(CC)c1nc(C(=O)O)co1. The highest BCUT2D eigenvalue weighted by Crippen LogP contribution is 2.12. The number of hydrogen-bond acceptors (Lipinski definition) is 4. The van der Waals surface area contributed by atoms with Crippen molar-refractivity contribution in [2.45, 2.75) is 6.92 Å². The van der Waals surface area contributed by atoms with E-state index in [2.05, 4.69) is 11.6 Å². The number of carboxylic acids is 1. The van der Waals surface area contributed by atoms with Crippen molar-refractivity contribution >= 4 is 12.0 Å². The molecule has 1 aromatic heterocycles. The second kappa shape index (κ2) is 4.45. The zero-order valence-electron chi connectivity index (χ0n) is 7.93. The molecule has 1 heterocycles. The maximum absolute atomic E-state index is 10.5. The summed E-state index contributed by atoms with van der Waals surface area (Å²) in [6.07, 6.45) is 2.83. The van der Waals surface area contributed by atoms with Gasteiger partial charge in [-0.1, -0.05) is 6.08 Å². The Hall–Kier alpha value is -1.78. The molecule has 1 rings (SSSR count). The maximum atomic E-state index is 10.5. The summed E-state index contributed by atoms with van der Waals surface area (Å²) < 4.78 is 5.02. The van der Waals surface area contributed by atoms with E-state index in [0.29, 0.717) is 19.1 Å². The van der Waals surface area contributed by atoms with Crippen molar-refractivity contribution in [3.63, 3.8) is 0 Å². The Balaban J connectivity index is 2.83. The summed E-state index contributed by atoms with van der Waals surface area (Å²) in [6, 6.07) is 0.310. The Morgan fingerprint density at radius 1 is 1.86 bits per heavy atom. The van der Waals surface area contributed by atoms with Crippen molar-refractivity contribution < 1.29 is 14.3 Å². The zero-order chi connectivity index (χ0) is 10.6. The van der Waals surface area contributed by atoms with Gasteiger partial charge in [0, 0.05) is 13.1 Å². The summed E-state index contributed by atoms with van der Waals surface area (Å²) in [5.74, 6) is -1.09. The summed E-state index contributed by atoms with van der Waals surface area (Å²) >= 11 is 0. The van der Waals surface area contributed by atoms with Gasteiger partial charge >= 0.3 is 5.97 Å². The standard InChI is InChI=1S/C9H12N2O3/c1-3-5-11(4-2)9-10-7(6-14-9)8(12)13/h3,6H,1,4-5H2,2H3,(H,12,13). The van der Waals surface area contributed by atoms with Crippen LogP contribution in [0, 0.1) is 0 Å². The van der Waals surface area contributed by atoms with Gasteiger partial charge in [-0.05, 0) is 6.92 Å². The van der Waals surface area contributed by atoms with Crippen molar-refractivity contribution in [1.29, 1.82) is 0 Å². The molecule has 0 radical (unpaired) electrons. The van der Waals surface area contributed by atoms with E-state index in [1.54, 1.807) is 11.0 Å². The highest BCUT2D eigenvalue weighted by atomic mass is 16.4. The van der Waals surface area contributed by atoms with Crippen LogP contribution in [0.25, 0.3) is 0 Å². The van der Waals surface area contributed by atoms with E-state index in [1.165, 1.54) is 0 Å². The van der Waals surface area contributed by atoms with Crippen LogP contribution in [-0.2, 0) is 0 Å². The summed E-state index contributed by atoms with van der Waals surface area (Å²) in [6.45, 7) is 6.78. The van der Waals surface area contributed by atoms with Gasteiger partial charge in [-0.25, -0.2) is 4.79 Å². The first-order valence-corrected chi connectivity index (χ1v) is 4.23. The number of carboxylic acid groups (broad SMARTS) is 1. The third-order valence-corrected chi connectivity index (χ3v) is 1.71. The van der Waals surface area contributed by atoms with Crippen molar-refractivity contribution in [1.82, 2.24) is 4.98 Å². The Labute approximate surface area is 81.7 Å². The van der Waals surface area contributed by atoms with Gasteiger partial charge in [0.05, 0.1) is 0 Å². The quantitative estimate of drug-likeness (QED) is 0.721. The van der Waals surface area contributed by atoms with E-state index in [9.17, 15) is 4.79 Å². The first-order chi connectivity index (χ1) is 6.69. The Kier molecular flexibility index (Phi) is 3.28. The van der Waals surface area contributed by atoms with Gasteiger partial charge in [0.25, 0.3) is 6.01 Å². The van der Waals surface area contributed by atoms with Gasteiger partial charge in [-0.2, -0.15) is 4.98 Å². The topological polar surface area (TPSA) is 66.6 Å². The lowest BCUT2D eigenvalue weighted by Crippen LogP contribution is -2.22. The third kappa shape index (κ3) is 2.12. The maximum Gasteiger partial charge on any atom is 0.357 e.